The van der Waals surface area contributed by atoms with E-state index < -0.39 is 0 Å². The summed E-state index contributed by atoms with van der Waals surface area (Å²) in [5.41, 5.74) is 1.34. The number of rotatable bonds is 3. The second-order valence-electron chi connectivity index (χ2n) is 4.79. The molecule has 2 aromatic rings. The molecule has 0 aromatic carbocycles. The lowest BCUT2D eigenvalue weighted by Crippen LogP contribution is -2.39. The standard InChI is InChI=1S/C13H17N3O2S/c1-9-5-11(8-19-9)6-16-3-4-17-7-12(16)13-15-14-10(2)18-13/h5,8,12H,3-4,6-7H2,1-2H3. The van der Waals surface area contributed by atoms with Crippen molar-refractivity contribution in [1.82, 2.24) is 15.1 Å². The third-order valence-corrected chi connectivity index (χ3v) is 4.15. The van der Waals surface area contributed by atoms with Crippen molar-refractivity contribution in [2.24, 2.45) is 0 Å². The van der Waals surface area contributed by atoms with Gasteiger partial charge in [0, 0.05) is 24.9 Å². The van der Waals surface area contributed by atoms with Gasteiger partial charge < -0.3 is 9.15 Å². The van der Waals surface area contributed by atoms with Gasteiger partial charge in [0.15, 0.2) is 0 Å². The van der Waals surface area contributed by atoms with Gasteiger partial charge >= 0.3 is 0 Å². The van der Waals surface area contributed by atoms with E-state index in [-0.39, 0.29) is 6.04 Å². The molecule has 6 heteroatoms. The lowest BCUT2D eigenvalue weighted by molar-refractivity contribution is -0.0225. The zero-order chi connectivity index (χ0) is 13.2. The van der Waals surface area contributed by atoms with Gasteiger partial charge in [0.05, 0.1) is 13.2 Å². The summed E-state index contributed by atoms with van der Waals surface area (Å²) in [6.45, 7) is 7.11. The van der Waals surface area contributed by atoms with Crippen molar-refractivity contribution in [3.8, 4) is 0 Å². The molecule has 102 valence electrons. The van der Waals surface area contributed by atoms with E-state index in [2.05, 4.69) is 33.5 Å². The summed E-state index contributed by atoms with van der Waals surface area (Å²) in [5.74, 6) is 1.26. The first kappa shape index (κ1) is 12.8. The summed E-state index contributed by atoms with van der Waals surface area (Å²) in [6.07, 6.45) is 0. The van der Waals surface area contributed by atoms with E-state index in [1.807, 2.05) is 6.92 Å². The molecule has 1 saturated heterocycles. The molecule has 0 radical (unpaired) electrons. The Bertz CT molecular complexity index is 552. The predicted octanol–water partition coefficient (Wildman–Crippen LogP) is 2.32. The van der Waals surface area contributed by atoms with Crippen LogP contribution in [-0.4, -0.2) is 34.9 Å². The van der Waals surface area contributed by atoms with Crippen molar-refractivity contribution in [3.05, 3.63) is 33.7 Å². The van der Waals surface area contributed by atoms with E-state index in [1.54, 1.807) is 11.3 Å². The van der Waals surface area contributed by atoms with Gasteiger partial charge in [-0.2, -0.15) is 0 Å². The zero-order valence-electron chi connectivity index (χ0n) is 11.1. The first-order valence-electron chi connectivity index (χ1n) is 6.38. The summed E-state index contributed by atoms with van der Waals surface area (Å²) in [5, 5.41) is 10.3. The second-order valence-corrected chi connectivity index (χ2v) is 5.90. The van der Waals surface area contributed by atoms with Gasteiger partial charge in [-0.15, -0.1) is 21.5 Å². The van der Waals surface area contributed by atoms with Crippen LogP contribution in [0.25, 0.3) is 0 Å². The van der Waals surface area contributed by atoms with Crippen LogP contribution in [0, 0.1) is 13.8 Å². The third-order valence-electron chi connectivity index (χ3n) is 3.24. The van der Waals surface area contributed by atoms with Crippen LogP contribution in [0.15, 0.2) is 15.9 Å². The molecule has 0 amide bonds. The van der Waals surface area contributed by atoms with Crippen LogP contribution >= 0.6 is 11.3 Å². The minimum atomic E-state index is 0.0650. The quantitative estimate of drug-likeness (QED) is 0.863. The number of hydrogen-bond donors (Lipinski definition) is 0. The van der Waals surface area contributed by atoms with Gasteiger partial charge in [-0.1, -0.05) is 0 Å². The maximum Gasteiger partial charge on any atom is 0.235 e. The van der Waals surface area contributed by atoms with E-state index in [0.29, 0.717) is 18.4 Å². The van der Waals surface area contributed by atoms with Crippen LogP contribution < -0.4 is 0 Å². The highest BCUT2D eigenvalue weighted by Crippen LogP contribution is 2.26. The van der Waals surface area contributed by atoms with Crippen LogP contribution in [0.4, 0.5) is 0 Å². The zero-order valence-corrected chi connectivity index (χ0v) is 11.9. The van der Waals surface area contributed by atoms with E-state index in [9.17, 15) is 0 Å². The average molecular weight is 279 g/mol. The highest BCUT2D eigenvalue weighted by Gasteiger charge is 2.29. The molecule has 1 aliphatic heterocycles. The first-order chi connectivity index (χ1) is 9.22. The van der Waals surface area contributed by atoms with Crippen molar-refractivity contribution in [2.75, 3.05) is 19.8 Å². The number of aromatic nitrogens is 2. The Morgan fingerprint density at radius 1 is 1.42 bits per heavy atom. The Labute approximate surface area is 116 Å². The molecule has 0 N–H and O–H groups in total. The molecule has 3 heterocycles. The molecule has 3 rings (SSSR count). The first-order valence-corrected chi connectivity index (χ1v) is 7.26. The molecule has 1 atom stereocenters. The van der Waals surface area contributed by atoms with Crippen molar-refractivity contribution in [3.63, 3.8) is 0 Å². The van der Waals surface area contributed by atoms with Crippen LogP contribution in [-0.2, 0) is 11.3 Å². The van der Waals surface area contributed by atoms with Crippen LogP contribution in [0.5, 0.6) is 0 Å². The Hall–Kier alpha value is -1.24. The van der Waals surface area contributed by atoms with Gasteiger partial charge in [-0.05, 0) is 23.9 Å². The van der Waals surface area contributed by atoms with E-state index in [1.165, 1.54) is 10.4 Å². The van der Waals surface area contributed by atoms with Crippen molar-refractivity contribution < 1.29 is 9.15 Å². The molecule has 5 nitrogen and oxygen atoms in total. The molecule has 1 fully saturated rings. The topological polar surface area (TPSA) is 51.4 Å². The normalized spacial score (nSPS) is 20.8. The van der Waals surface area contributed by atoms with Crippen molar-refractivity contribution in [1.29, 1.82) is 0 Å². The molecule has 0 spiro atoms. The minimum absolute atomic E-state index is 0.0650. The number of morpholine rings is 1. The average Bonchev–Trinajstić information content (AvgIpc) is 2.99. The SMILES string of the molecule is Cc1nnc(C2COCCN2Cc2csc(C)c2)o1. The fourth-order valence-electron chi connectivity index (χ4n) is 2.32. The van der Waals surface area contributed by atoms with Gasteiger partial charge in [0.25, 0.3) is 0 Å². The highest BCUT2D eigenvalue weighted by molar-refractivity contribution is 7.10. The Morgan fingerprint density at radius 3 is 3.00 bits per heavy atom. The summed E-state index contributed by atoms with van der Waals surface area (Å²) in [6, 6.07) is 2.30. The summed E-state index contributed by atoms with van der Waals surface area (Å²) < 4.78 is 11.1. The number of ether oxygens (including phenoxy) is 1. The van der Waals surface area contributed by atoms with E-state index in [0.717, 1.165) is 19.7 Å². The van der Waals surface area contributed by atoms with Crippen LogP contribution in [0.1, 0.15) is 28.3 Å². The maximum absolute atomic E-state index is 5.55. The molecule has 19 heavy (non-hydrogen) atoms. The van der Waals surface area contributed by atoms with Crippen LogP contribution in [0.3, 0.4) is 0 Å². The van der Waals surface area contributed by atoms with Crippen LogP contribution in [0.2, 0.25) is 0 Å². The van der Waals surface area contributed by atoms with Gasteiger partial charge in [0.1, 0.15) is 6.04 Å². The fraction of sp³-hybridized carbons (Fsp3) is 0.538. The molecule has 1 unspecified atom stereocenters. The molecular weight excluding hydrogens is 262 g/mol. The largest absolute Gasteiger partial charge is 0.424 e. The third kappa shape index (κ3) is 2.86. The molecular formula is C13H17N3O2S. The highest BCUT2D eigenvalue weighted by atomic mass is 32.1. The Morgan fingerprint density at radius 2 is 2.32 bits per heavy atom. The molecule has 0 bridgehead atoms. The number of hydrogen-bond acceptors (Lipinski definition) is 6. The van der Waals surface area contributed by atoms with Gasteiger partial charge in [-0.25, -0.2) is 0 Å². The minimum Gasteiger partial charge on any atom is -0.424 e. The summed E-state index contributed by atoms with van der Waals surface area (Å²) in [4.78, 5) is 3.69. The lowest BCUT2D eigenvalue weighted by atomic mass is 10.2. The fourth-order valence-corrected chi connectivity index (χ4v) is 3.02. The van der Waals surface area contributed by atoms with Gasteiger partial charge in [-0.3, -0.25) is 4.90 Å². The number of thiophene rings is 1. The molecule has 0 aliphatic carbocycles. The smallest absolute Gasteiger partial charge is 0.235 e. The lowest BCUT2D eigenvalue weighted by Gasteiger charge is -2.33. The summed E-state index contributed by atoms with van der Waals surface area (Å²) >= 11 is 1.78. The van der Waals surface area contributed by atoms with Gasteiger partial charge in [0.2, 0.25) is 11.8 Å². The summed E-state index contributed by atoms with van der Waals surface area (Å²) in [7, 11) is 0. The molecule has 1 aliphatic rings. The molecule has 0 saturated carbocycles. The Kier molecular flexibility index (Phi) is 3.63. The number of aryl methyl sites for hydroxylation is 2. The van der Waals surface area contributed by atoms with E-state index >= 15 is 0 Å². The maximum atomic E-state index is 5.55. The second kappa shape index (κ2) is 5.40. The monoisotopic (exact) mass is 279 g/mol. The molecule has 2 aromatic heterocycles. The van der Waals surface area contributed by atoms with E-state index in [4.69, 9.17) is 9.15 Å². The van der Waals surface area contributed by atoms with Crippen molar-refractivity contribution in [2.45, 2.75) is 26.4 Å². The van der Waals surface area contributed by atoms with Crippen molar-refractivity contribution >= 4 is 11.3 Å². The number of nitrogens with zero attached hydrogens (tertiary/aromatic N) is 3. The predicted molar refractivity (Wildman–Crippen MR) is 72.1 cm³/mol. The Balaban J connectivity index is 1.77.